The van der Waals surface area contributed by atoms with Gasteiger partial charge in [-0.05, 0) is 38.5 Å². The Hall–Kier alpha value is -1.64. The molecule has 0 aliphatic rings. The molecule has 74 valence electrons. The van der Waals surface area contributed by atoms with Gasteiger partial charge in [0.05, 0.1) is 5.69 Å². The van der Waals surface area contributed by atoms with Gasteiger partial charge in [-0.3, -0.25) is 0 Å². The molecule has 1 aromatic heterocycles. The Labute approximate surface area is 83.1 Å². The van der Waals surface area contributed by atoms with Crippen molar-refractivity contribution in [2.24, 2.45) is 0 Å². The molecule has 0 radical (unpaired) electrons. The lowest BCUT2D eigenvalue weighted by atomic mass is 10.1. The number of carbonyl (C=O) groups is 1. The maximum absolute atomic E-state index is 10.8. The van der Waals surface area contributed by atoms with Crippen molar-refractivity contribution < 1.29 is 9.90 Å². The number of rotatable bonds is 2. The van der Waals surface area contributed by atoms with E-state index in [0.29, 0.717) is 11.3 Å². The van der Waals surface area contributed by atoms with Crippen LogP contribution >= 0.6 is 0 Å². The fraction of sp³-hybridized carbons (Fsp3) is 0.273. The van der Waals surface area contributed by atoms with Gasteiger partial charge in [-0.25, -0.2) is 9.78 Å². The second kappa shape index (κ2) is 4.05. The predicted octanol–water partition coefficient (Wildman–Crippen LogP) is 2.51. The Balaban J connectivity index is 3.20. The van der Waals surface area contributed by atoms with E-state index in [4.69, 9.17) is 5.11 Å². The van der Waals surface area contributed by atoms with E-state index < -0.39 is 5.97 Å². The van der Waals surface area contributed by atoms with Gasteiger partial charge in [-0.15, -0.1) is 0 Å². The van der Waals surface area contributed by atoms with E-state index >= 15 is 0 Å². The minimum absolute atomic E-state index is 0.125. The molecule has 0 aliphatic carbocycles. The van der Waals surface area contributed by atoms with E-state index in [9.17, 15) is 4.79 Å². The molecule has 0 unspecified atom stereocenters. The number of aromatic carboxylic acids is 1. The molecule has 0 fully saturated rings. The highest BCUT2D eigenvalue weighted by atomic mass is 16.4. The first-order chi connectivity index (χ1) is 6.50. The summed E-state index contributed by atoms with van der Waals surface area (Å²) in [5.74, 6) is -0.980. The number of allylic oxidation sites excluding steroid dienone is 1. The largest absolute Gasteiger partial charge is 0.477 e. The van der Waals surface area contributed by atoms with Crippen molar-refractivity contribution in [3.8, 4) is 0 Å². The first-order valence-corrected chi connectivity index (χ1v) is 4.36. The lowest BCUT2D eigenvalue weighted by Gasteiger charge is -2.01. The highest BCUT2D eigenvalue weighted by Gasteiger charge is 2.08. The lowest BCUT2D eigenvalue weighted by molar-refractivity contribution is 0.0689. The highest BCUT2D eigenvalue weighted by Crippen LogP contribution is 2.09. The van der Waals surface area contributed by atoms with Crippen LogP contribution in [0.15, 0.2) is 17.7 Å². The van der Waals surface area contributed by atoms with E-state index in [1.807, 2.05) is 26.0 Å². The topological polar surface area (TPSA) is 50.2 Å². The second-order valence-electron chi connectivity index (χ2n) is 3.43. The summed E-state index contributed by atoms with van der Waals surface area (Å²) in [5.41, 5.74) is 2.59. The molecule has 0 aliphatic heterocycles. The molecular formula is C11H13NO2. The standard InChI is InChI=1S/C11H13NO2/c1-7(2)6-9-5-4-8(3)10(12-9)11(13)14/h4-6H,1-3H3,(H,13,14). The van der Waals surface area contributed by atoms with Crippen molar-refractivity contribution in [1.29, 1.82) is 0 Å². The molecule has 0 spiro atoms. The molecule has 1 aromatic rings. The summed E-state index contributed by atoms with van der Waals surface area (Å²) < 4.78 is 0. The fourth-order valence-electron chi connectivity index (χ4n) is 1.14. The van der Waals surface area contributed by atoms with Crippen molar-refractivity contribution in [1.82, 2.24) is 4.98 Å². The van der Waals surface area contributed by atoms with E-state index in [2.05, 4.69) is 4.98 Å². The summed E-state index contributed by atoms with van der Waals surface area (Å²) in [7, 11) is 0. The van der Waals surface area contributed by atoms with Crippen molar-refractivity contribution >= 4 is 12.0 Å². The molecule has 14 heavy (non-hydrogen) atoms. The van der Waals surface area contributed by atoms with Crippen molar-refractivity contribution in [2.75, 3.05) is 0 Å². The summed E-state index contributed by atoms with van der Waals surface area (Å²) in [5, 5.41) is 8.84. The number of hydrogen-bond acceptors (Lipinski definition) is 2. The zero-order valence-electron chi connectivity index (χ0n) is 8.53. The lowest BCUT2D eigenvalue weighted by Crippen LogP contribution is -2.04. The zero-order valence-corrected chi connectivity index (χ0v) is 8.53. The van der Waals surface area contributed by atoms with Gasteiger partial charge in [0.2, 0.25) is 0 Å². The maximum Gasteiger partial charge on any atom is 0.354 e. The average Bonchev–Trinajstić information content (AvgIpc) is 2.07. The highest BCUT2D eigenvalue weighted by molar-refractivity contribution is 5.87. The Bertz CT molecular complexity index is 390. The summed E-state index contributed by atoms with van der Waals surface area (Å²) in [4.78, 5) is 14.8. The van der Waals surface area contributed by atoms with Gasteiger partial charge in [0.25, 0.3) is 0 Å². The quantitative estimate of drug-likeness (QED) is 0.781. The second-order valence-corrected chi connectivity index (χ2v) is 3.43. The number of carboxylic acids is 1. The van der Waals surface area contributed by atoms with Gasteiger partial charge >= 0.3 is 5.97 Å². The molecular weight excluding hydrogens is 178 g/mol. The summed E-state index contributed by atoms with van der Waals surface area (Å²) in [6.45, 7) is 5.63. The van der Waals surface area contributed by atoms with E-state index in [0.717, 1.165) is 5.57 Å². The van der Waals surface area contributed by atoms with Gasteiger partial charge in [-0.1, -0.05) is 11.6 Å². The van der Waals surface area contributed by atoms with Crippen molar-refractivity contribution in [3.63, 3.8) is 0 Å². The third-order valence-electron chi connectivity index (χ3n) is 1.76. The van der Waals surface area contributed by atoms with Crippen LogP contribution in [0.25, 0.3) is 6.08 Å². The number of carboxylic acid groups (broad SMARTS) is 1. The van der Waals surface area contributed by atoms with Gasteiger partial charge in [-0.2, -0.15) is 0 Å². The van der Waals surface area contributed by atoms with Crippen LogP contribution in [0.3, 0.4) is 0 Å². The Morgan fingerprint density at radius 2 is 2.07 bits per heavy atom. The number of aryl methyl sites for hydroxylation is 1. The van der Waals surface area contributed by atoms with E-state index in [1.54, 1.807) is 13.0 Å². The maximum atomic E-state index is 10.8. The Morgan fingerprint density at radius 3 is 2.57 bits per heavy atom. The van der Waals surface area contributed by atoms with Gasteiger partial charge in [0, 0.05) is 0 Å². The van der Waals surface area contributed by atoms with Crippen LogP contribution in [0, 0.1) is 6.92 Å². The minimum Gasteiger partial charge on any atom is -0.477 e. The monoisotopic (exact) mass is 191 g/mol. The molecule has 3 heteroatoms. The first kappa shape index (κ1) is 10.4. The third kappa shape index (κ3) is 2.42. The van der Waals surface area contributed by atoms with Crippen LogP contribution in [-0.2, 0) is 0 Å². The summed E-state index contributed by atoms with van der Waals surface area (Å²) in [6.07, 6.45) is 1.85. The molecule has 1 N–H and O–H groups in total. The van der Waals surface area contributed by atoms with Crippen LogP contribution < -0.4 is 0 Å². The smallest absolute Gasteiger partial charge is 0.354 e. The predicted molar refractivity (Wildman–Crippen MR) is 55.3 cm³/mol. The normalized spacial score (nSPS) is 9.64. The van der Waals surface area contributed by atoms with Gasteiger partial charge in [0.1, 0.15) is 0 Å². The van der Waals surface area contributed by atoms with Crippen molar-refractivity contribution in [2.45, 2.75) is 20.8 Å². The first-order valence-electron chi connectivity index (χ1n) is 4.36. The average molecular weight is 191 g/mol. The Kier molecular flexibility index (Phi) is 3.02. The zero-order chi connectivity index (χ0) is 10.7. The molecule has 0 atom stereocenters. The SMILES string of the molecule is CC(C)=Cc1ccc(C)c(C(=O)O)n1. The number of hydrogen-bond donors (Lipinski definition) is 1. The van der Waals surface area contributed by atoms with Gasteiger partial charge < -0.3 is 5.11 Å². The molecule has 1 heterocycles. The number of pyridine rings is 1. The molecule has 0 aromatic carbocycles. The third-order valence-corrected chi connectivity index (χ3v) is 1.76. The Morgan fingerprint density at radius 1 is 1.43 bits per heavy atom. The van der Waals surface area contributed by atoms with Crippen LogP contribution in [0.2, 0.25) is 0 Å². The van der Waals surface area contributed by atoms with E-state index in [1.165, 1.54) is 0 Å². The molecule has 0 saturated heterocycles. The van der Waals surface area contributed by atoms with Crippen LogP contribution in [0.5, 0.6) is 0 Å². The van der Waals surface area contributed by atoms with Crippen LogP contribution in [-0.4, -0.2) is 16.1 Å². The fourth-order valence-corrected chi connectivity index (χ4v) is 1.14. The molecule has 1 rings (SSSR count). The summed E-state index contributed by atoms with van der Waals surface area (Å²) in [6, 6.07) is 3.58. The molecule has 0 saturated carbocycles. The molecule has 0 amide bonds. The minimum atomic E-state index is -0.980. The number of nitrogens with zero attached hydrogens (tertiary/aromatic N) is 1. The van der Waals surface area contributed by atoms with Crippen LogP contribution in [0.4, 0.5) is 0 Å². The van der Waals surface area contributed by atoms with E-state index in [-0.39, 0.29) is 5.69 Å². The number of aromatic nitrogens is 1. The molecule has 3 nitrogen and oxygen atoms in total. The summed E-state index contributed by atoms with van der Waals surface area (Å²) >= 11 is 0. The van der Waals surface area contributed by atoms with Gasteiger partial charge in [0.15, 0.2) is 5.69 Å². The van der Waals surface area contributed by atoms with Crippen LogP contribution in [0.1, 0.15) is 35.6 Å². The molecule has 0 bridgehead atoms. The van der Waals surface area contributed by atoms with Crippen molar-refractivity contribution in [3.05, 3.63) is 34.7 Å².